The summed E-state index contributed by atoms with van der Waals surface area (Å²) in [5.41, 5.74) is -2.44. The van der Waals surface area contributed by atoms with Gasteiger partial charge in [0, 0.05) is 14.7 Å². The first-order chi connectivity index (χ1) is 18.6. The molecule has 214 valence electrons. The van der Waals surface area contributed by atoms with Gasteiger partial charge in [-0.15, -0.1) is 0 Å². The Morgan fingerprint density at radius 3 is 1.08 bits per heavy atom. The van der Waals surface area contributed by atoms with Crippen molar-refractivity contribution in [1.29, 1.82) is 0 Å². The summed E-state index contributed by atoms with van der Waals surface area (Å²) >= 11 is 0. The molecule has 0 heterocycles. The summed E-state index contributed by atoms with van der Waals surface area (Å²) in [6, 6.07) is 21.5. The second-order valence-electron chi connectivity index (χ2n) is 9.77. The van der Waals surface area contributed by atoms with Crippen molar-refractivity contribution in [3.63, 3.8) is 0 Å². The maximum atomic E-state index is 13.8. The third-order valence-corrected chi connectivity index (χ3v) is 11.6. The topological polar surface area (TPSA) is 43.4 Å². The predicted molar refractivity (Wildman–Crippen MR) is 154 cm³/mol. The van der Waals surface area contributed by atoms with Crippen molar-refractivity contribution in [2.24, 2.45) is 0 Å². The summed E-state index contributed by atoms with van der Waals surface area (Å²) in [4.78, 5) is 1.20. The molecule has 0 saturated heterocycles. The Morgan fingerprint density at radius 2 is 0.846 bits per heavy atom. The van der Waals surface area contributed by atoms with Gasteiger partial charge in [-0.25, -0.2) is 0 Å². The Morgan fingerprint density at radius 1 is 0.564 bits per heavy atom. The molecule has 0 fully saturated rings. The van der Waals surface area contributed by atoms with Crippen molar-refractivity contribution in [3.05, 3.63) is 89.5 Å². The van der Waals surface area contributed by atoms with Crippen LogP contribution in [0.2, 0.25) is 0 Å². The van der Waals surface area contributed by atoms with Gasteiger partial charge in [0.2, 0.25) is 0 Å². The minimum atomic E-state index is -5.94. The van der Waals surface area contributed by atoms with E-state index in [1.54, 1.807) is 36.4 Å². The van der Waals surface area contributed by atoms with Crippen molar-refractivity contribution >= 4 is 20.4 Å². The monoisotopic (exact) mass is 580 g/mol. The Balaban J connectivity index is 2.26. The van der Waals surface area contributed by atoms with Crippen LogP contribution < -0.4 is 0 Å². The normalized spacial score (nSPS) is 13.0. The van der Waals surface area contributed by atoms with Gasteiger partial charge >= 0.3 is 15.6 Å². The van der Waals surface area contributed by atoms with E-state index in [-0.39, 0.29) is 0 Å². The molecule has 0 bridgehead atoms. The summed E-state index contributed by atoms with van der Waals surface area (Å²) in [6.45, 7) is 6.27. The smallest absolute Gasteiger partial charge is 0.200 e. The molecule has 0 aliphatic carbocycles. The fourth-order valence-electron chi connectivity index (χ4n) is 4.39. The van der Waals surface area contributed by atoms with Crippen LogP contribution in [-0.4, -0.2) is 13.9 Å². The predicted octanol–water partition coefficient (Wildman–Crippen LogP) is 9.78. The van der Waals surface area contributed by atoms with E-state index in [1.807, 2.05) is 36.4 Å². The third kappa shape index (κ3) is 7.68. The summed E-state index contributed by atoms with van der Waals surface area (Å²) in [5.74, 6) is 0. The van der Waals surface area contributed by atoms with Crippen LogP contribution in [0.4, 0.5) is 13.2 Å². The number of alkyl halides is 3. The lowest BCUT2D eigenvalue weighted by molar-refractivity contribution is -0.0496. The number of benzene rings is 3. The van der Waals surface area contributed by atoms with E-state index >= 15 is 0 Å². The van der Waals surface area contributed by atoms with Gasteiger partial charge in [-0.05, 0) is 102 Å². The maximum Gasteiger partial charge on any atom is 0.524 e. The van der Waals surface area contributed by atoms with E-state index < -0.39 is 25.9 Å². The van der Waals surface area contributed by atoms with Crippen LogP contribution in [0.15, 0.2) is 87.5 Å². The number of hydrogen-bond donors (Lipinski definition) is 0. The van der Waals surface area contributed by atoms with E-state index in [0.29, 0.717) is 14.7 Å². The van der Waals surface area contributed by atoms with Gasteiger partial charge in [-0.3, -0.25) is 0 Å². The zero-order valence-electron chi connectivity index (χ0n) is 23.0. The molecule has 39 heavy (non-hydrogen) atoms. The summed E-state index contributed by atoms with van der Waals surface area (Å²) < 4.78 is 72.3. The molecule has 0 unspecified atom stereocenters. The number of aryl methyl sites for hydroxylation is 3. The number of rotatable bonds is 14. The lowest BCUT2D eigenvalue weighted by Crippen LogP contribution is -2.27. The zero-order chi connectivity index (χ0) is 28.5. The van der Waals surface area contributed by atoms with Crippen molar-refractivity contribution in [2.45, 2.75) is 98.8 Å². The van der Waals surface area contributed by atoms with Gasteiger partial charge in [0.1, 0.15) is 0 Å². The number of halogens is 3. The number of hydrogen-bond acceptors (Lipinski definition) is 3. The molecule has 0 N–H and O–H groups in total. The molecule has 0 aromatic heterocycles. The highest BCUT2D eigenvalue weighted by atomic mass is 32.3. The lowest BCUT2D eigenvalue weighted by atomic mass is 10.1. The first-order valence-electron chi connectivity index (χ1n) is 13.7. The zero-order valence-corrected chi connectivity index (χ0v) is 24.6. The van der Waals surface area contributed by atoms with E-state index in [0.717, 1.165) is 74.5 Å². The van der Waals surface area contributed by atoms with Gasteiger partial charge in [-0.2, -0.15) is 25.2 Å². The fraction of sp³-hybridized carbons (Fsp3) is 0.419. The molecule has 3 rings (SSSR count). The highest BCUT2D eigenvalue weighted by Gasteiger charge is 2.52. The molecule has 8 heteroatoms. The molecule has 3 aromatic rings. The van der Waals surface area contributed by atoms with Crippen molar-refractivity contribution in [3.8, 4) is 0 Å². The van der Waals surface area contributed by atoms with Gasteiger partial charge in [0.15, 0.2) is 0 Å². The maximum absolute atomic E-state index is 13.8. The first-order valence-corrected chi connectivity index (χ1v) is 16.7. The largest absolute Gasteiger partial charge is 0.524 e. The highest BCUT2D eigenvalue weighted by Crippen LogP contribution is 2.70. The van der Waals surface area contributed by atoms with Crippen LogP contribution in [0.5, 0.6) is 0 Å². The Kier molecular flexibility index (Phi) is 11.1. The van der Waals surface area contributed by atoms with Crippen LogP contribution in [0, 0.1) is 0 Å². The summed E-state index contributed by atoms with van der Waals surface area (Å²) in [6.07, 6.45) is 8.48. The quantitative estimate of drug-likeness (QED) is 0.178. The molecule has 3 nitrogen and oxygen atoms in total. The minimum Gasteiger partial charge on any atom is -0.200 e. The molecule has 0 saturated carbocycles. The Bertz CT molecular complexity index is 1140. The van der Waals surface area contributed by atoms with Gasteiger partial charge in [0.25, 0.3) is 0 Å². The molecule has 0 aliphatic rings. The van der Waals surface area contributed by atoms with Crippen LogP contribution in [0.3, 0.4) is 0 Å². The number of unbranched alkanes of at least 4 members (excludes halogenated alkanes) is 3. The van der Waals surface area contributed by atoms with Gasteiger partial charge in [0.05, 0.1) is 0 Å². The Labute approximate surface area is 233 Å². The van der Waals surface area contributed by atoms with E-state index in [2.05, 4.69) is 20.8 Å². The molecular formula is C31H39F3O3S2. The summed E-state index contributed by atoms with van der Waals surface area (Å²) in [7, 11) is -9.23. The molecule has 0 atom stereocenters. The average Bonchev–Trinajstić information content (AvgIpc) is 2.93. The van der Waals surface area contributed by atoms with Crippen LogP contribution >= 0.6 is 10.3 Å². The van der Waals surface area contributed by atoms with E-state index in [9.17, 15) is 21.6 Å². The fourth-order valence-corrected chi connectivity index (χ4v) is 9.09. The molecular weight excluding hydrogens is 541 g/mol. The summed E-state index contributed by atoms with van der Waals surface area (Å²) in [5, 5.41) is 0. The average molecular weight is 581 g/mol. The molecule has 0 aliphatic heterocycles. The van der Waals surface area contributed by atoms with Gasteiger partial charge in [-0.1, -0.05) is 76.4 Å². The highest BCUT2D eigenvalue weighted by molar-refractivity contribution is 8.33. The Hall–Kier alpha value is -2.29. The van der Waals surface area contributed by atoms with E-state index in [1.165, 1.54) is 0 Å². The minimum absolute atomic E-state index is 0.401. The second-order valence-corrected chi connectivity index (χ2v) is 14.2. The molecule has 3 aromatic carbocycles. The lowest BCUT2D eigenvalue weighted by Gasteiger charge is -2.39. The standard InChI is InChI=1S/C31H39F3O3S2/c1-4-7-10-25-13-19-28(20-14-25)38(37-39(35,36)31(32,33)34,29-21-15-26(16-22-29)11-8-5-2)30-23-17-27(18-24-30)12-9-6-3/h13-24H,4-12H2,1-3H3. The van der Waals surface area contributed by atoms with E-state index in [4.69, 9.17) is 3.63 Å². The molecule has 0 spiro atoms. The molecule has 0 radical (unpaired) electrons. The SMILES string of the molecule is CCCCc1ccc(S(OS(=O)(=O)C(F)(F)F)(c2ccc(CCCC)cc2)c2ccc(CCCC)cc2)cc1. The van der Waals surface area contributed by atoms with Crippen molar-refractivity contribution in [1.82, 2.24) is 0 Å². The van der Waals surface area contributed by atoms with Crippen molar-refractivity contribution in [2.75, 3.05) is 0 Å². The molecule has 0 amide bonds. The first kappa shape index (κ1) is 31.2. The second kappa shape index (κ2) is 13.9. The van der Waals surface area contributed by atoms with Crippen LogP contribution in [0.1, 0.15) is 76.0 Å². The third-order valence-electron chi connectivity index (χ3n) is 6.70. The van der Waals surface area contributed by atoms with Crippen molar-refractivity contribution < 1.29 is 25.2 Å². The van der Waals surface area contributed by atoms with Crippen LogP contribution in [-0.2, 0) is 33.0 Å². The van der Waals surface area contributed by atoms with Gasteiger partial charge < -0.3 is 0 Å². The van der Waals surface area contributed by atoms with Crippen LogP contribution in [0.25, 0.3) is 0 Å².